The minimum Gasteiger partial charge on any atom is -0.358 e. The molecule has 35 valence electrons. The first-order valence-corrected chi connectivity index (χ1v) is 1.49. The molecule has 0 aromatic carbocycles. The molecule has 0 aromatic rings. The van der Waals surface area contributed by atoms with Crippen LogP contribution in [0.2, 0.25) is 0 Å². The zero-order valence-corrected chi connectivity index (χ0v) is 7.57. The standard InChI is InChI=1S/C4H8.CH3.Y/c1-3-4-2;;/h3-4H,1-2H3;1H3;/q;-1;/b4-3-;;. The monoisotopic (exact) mass is 160 g/mol. The van der Waals surface area contributed by atoms with Gasteiger partial charge in [-0.2, -0.15) is 0 Å². The van der Waals surface area contributed by atoms with Gasteiger partial charge in [0.05, 0.1) is 0 Å². The van der Waals surface area contributed by atoms with Crippen LogP contribution < -0.4 is 0 Å². The van der Waals surface area contributed by atoms with Gasteiger partial charge in [0.25, 0.3) is 0 Å². The van der Waals surface area contributed by atoms with E-state index in [0.717, 1.165) is 0 Å². The van der Waals surface area contributed by atoms with Gasteiger partial charge in [-0.05, 0) is 13.8 Å². The fourth-order valence-electron chi connectivity index (χ4n) is 0. The Morgan fingerprint density at radius 1 is 1.00 bits per heavy atom. The van der Waals surface area contributed by atoms with Crippen molar-refractivity contribution in [1.82, 2.24) is 0 Å². The van der Waals surface area contributed by atoms with Crippen molar-refractivity contribution < 1.29 is 32.7 Å². The van der Waals surface area contributed by atoms with Gasteiger partial charge in [-0.15, -0.1) is 0 Å². The molecule has 0 amide bonds. The molecule has 0 atom stereocenters. The summed E-state index contributed by atoms with van der Waals surface area (Å²) in [4.78, 5) is 0. The van der Waals surface area contributed by atoms with Crippen molar-refractivity contribution in [3.05, 3.63) is 19.6 Å². The molecule has 0 nitrogen and oxygen atoms in total. The summed E-state index contributed by atoms with van der Waals surface area (Å²) in [5.41, 5.74) is 0. The molecule has 0 aliphatic carbocycles. The molecule has 0 saturated heterocycles. The van der Waals surface area contributed by atoms with Crippen LogP contribution >= 0.6 is 0 Å². The largest absolute Gasteiger partial charge is 0.358 e. The summed E-state index contributed by atoms with van der Waals surface area (Å²) in [6.45, 7) is 4.00. The second kappa shape index (κ2) is 17.0. The van der Waals surface area contributed by atoms with Crippen molar-refractivity contribution >= 4 is 0 Å². The Labute approximate surface area is 65.9 Å². The molecular weight excluding hydrogens is 149 g/mol. The summed E-state index contributed by atoms with van der Waals surface area (Å²) < 4.78 is 0. The maximum atomic E-state index is 2.00. The van der Waals surface area contributed by atoms with Crippen molar-refractivity contribution in [2.75, 3.05) is 0 Å². The van der Waals surface area contributed by atoms with Crippen molar-refractivity contribution in [3.8, 4) is 0 Å². The van der Waals surface area contributed by atoms with E-state index in [1.807, 2.05) is 26.0 Å². The zero-order chi connectivity index (χ0) is 3.41. The van der Waals surface area contributed by atoms with Gasteiger partial charge in [0, 0.05) is 32.7 Å². The normalized spacial score (nSPS) is 6.33. The molecule has 0 saturated carbocycles. The fraction of sp³-hybridized carbons (Fsp3) is 0.400. The summed E-state index contributed by atoms with van der Waals surface area (Å²) in [6.07, 6.45) is 4.00. The van der Waals surface area contributed by atoms with Crippen molar-refractivity contribution in [3.63, 3.8) is 0 Å². The number of hydrogen-bond donors (Lipinski definition) is 0. The van der Waals surface area contributed by atoms with Crippen molar-refractivity contribution in [2.24, 2.45) is 0 Å². The number of rotatable bonds is 0. The van der Waals surface area contributed by atoms with Gasteiger partial charge >= 0.3 is 0 Å². The molecule has 1 heteroatoms. The number of hydrogen-bond acceptors (Lipinski definition) is 0. The molecule has 0 heterocycles. The Bertz CT molecular complexity index is 19.1. The van der Waals surface area contributed by atoms with Crippen LogP contribution in [-0.2, 0) is 32.7 Å². The Morgan fingerprint density at radius 2 is 1.17 bits per heavy atom. The first-order chi connectivity index (χ1) is 1.91. The first kappa shape index (κ1) is 15.8. The summed E-state index contributed by atoms with van der Waals surface area (Å²) in [5, 5.41) is 0. The molecule has 6 heavy (non-hydrogen) atoms. The second-order valence-electron chi connectivity index (χ2n) is 0.667. The van der Waals surface area contributed by atoms with Crippen LogP contribution in [0.15, 0.2) is 12.2 Å². The van der Waals surface area contributed by atoms with Crippen LogP contribution in [0, 0.1) is 7.43 Å². The Morgan fingerprint density at radius 3 is 1.17 bits per heavy atom. The summed E-state index contributed by atoms with van der Waals surface area (Å²) in [5.74, 6) is 0. The van der Waals surface area contributed by atoms with Crippen molar-refractivity contribution in [1.29, 1.82) is 0 Å². The molecule has 0 aliphatic rings. The summed E-state index contributed by atoms with van der Waals surface area (Å²) in [7, 11) is 0. The topological polar surface area (TPSA) is 0 Å². The molecule has 0 fully saturated rings. The molecular formula is C5H11Y-. The second-order valence-corrected chi connectivity index (χ2v) is 0.667. The third-order valence-electron chi connectivity index (χ3n) is 0.333. The average molecular weight is 160 g/mol. The van der Waals surface area contributed by atoms with E-state index in [1.165, 1.54) is 0 Å². The summed E-state index contributed by atoms with van der Waals surface area (Å²) in [6, 6.07) is 0. The van der Waals surface area contributed by atoms with Gasteiger partial charge < -0.3 is 7.43 Å². The quantitative estimate of drug-likeness (QED) is 0.375. The molecule has 0 spiro atoms. The molecule has 0 N–H and O–H groups in total. The van der Waals surface area contributed by atoms with E-state index in [-0.39, 0.29) is 40.1 Å². The average Bonchev–Trinajstić information content (AvgIpc) is 1.37. The third kappa shape index (κ3) is 21.1. The maximum absolute atomic E-state index is 2.00. The van der Waals surface area contributed by atoms with Gasteiger partial charge in [-0.1, -0.05) is 12.2 Å². The Hall–Kier alpha value is 0.844. The maximum Gasteiger partial charge on any atom is 0 e. The van der Waals surface area contributed by atoms with Crippen LogP contribution in [0.5, 0.6) is 0 Å². The van der Waals surface area contributed by atoms with Gasteiger partial charge in [0.2, 0.25) is 0 Å². The third-order valence-corrected chi connectivity index (χ3v) is 0.333. The van der Waals surface area contributed by atoms with Gasteiger partial charge in [0.1, 0.15) is 0 Å². The van der Waals surface area contributed by atoms with Crippen molar-refractivity contribution in [2.45, 2.75) is 13.8 Å². The minimum atomic E-state index is 0. The van der Waals surface area contributed by atoms with Crippen LogP contribution in [0.3, 0.4) is 0 Å². The van der Waals surface area contributed by atoms with Gasteiger partial charge in [-0.3, -0.25) is 0 Å². The molecule has 0 unspecified atom stereocenters. The van der Waals surface area contributed by atoms with Crippen LogP contribution in [0.1, 0.15) is 13.8 Å². The van der Waals surface area contributed by atoms with Gasteiger partial charge in [0.15, 0.2) is 0 Å². The minimum absolute atomic E-state index is 0. The van der Waals surface area contributed by atoms with E-state index >= 15 is 0 Å². The predicted octanol–water partition coefficient (Wildman–Crippen LogP) is 2.03. The Kier molecular flexibility index (Phi) is 44.7. The molecule has 0 rings (SSSR count). The predicted molar refractivity (Wildman–Crippen MR) is 26.9 cm³/mol. The van der Waals surface area contributed by atoms with Crippen LogP contribution in [-0.4, -0.2) is 0 Å². The fourth-order valence-corrected chi connectivity index (χ4v) is 0. The van der Waals surface area contributed by atoms with Crippen LogP contribution in [0.4, 0.5) is 0 Å². The SMILES string of the molecule is C/C=C\C.[CH3-].[Y]. The van der Waals surface area contributed by atoms with E-state index in [0.29, 0.717) is 0 Å². The molecule has 0 aromatic heterocycles. The zero-order valence-electron chi connectivity index (χ0n) is 4.73. The molecule has 0 bridgehead atoms. The van der Waals surface area contributed by atoms with E-state index in [2.05, 4.69) is 0 Å². The van der Waals surface area contributed by atoms with Crippen LogP contribution in [0.25, 0.3) is 0 Å². The molecule has 1 radical (unpaired) electrons. The smallest absolute Gasteiger partial charge is 0 e. The summed E-state index contributed by atoms with van der Waals surface area (Å²) >= 11 is 0. The van der Waals surface area contributed by atoms with E-state index in [4.69, 9.17) is 0 Å². The first-order valence-electron chi connectivity index (χ1n) is 1.49. The molecule has 0 aliphatic heterocycles. The van der Waals surface area contributed by atoms with E-state index in [1.54, 1.807) is 0 Å². The van der Waals surface area contributed by atoms with Gasteiger partial charge in [-0.25, -0.2) is 0 Å². The van der Waals surface area contributed by atoms with E-state index in [9.17, 15) is 0 Å². The van der Waals surface area contributed by atoms with E-state index < -0.39 is 0 Å². The number of allylic oxidation sites excluding steroid dienone is 2. The Balaban J connectivity index is -0.0000000450.